The van der Waals surface area contributed by atoms with E-state index in [0.29, 0.717) is 19.6 Å². The topological polar surface area (TPSA) is 133 Å². The van der Waals surface area contributed by atoms with Crippen molar-refractivity contribution in [3.05, 3.63) is 0 Å². The molecule has 0 N–H and O–H groups in total. The smallest absolute Gasteiger partial charge is 0.382 e. The lowest BCUT2D eigenvalue weighted by atomic mass is 9.71. The van der Waals surface area contributed by atoms with Crippen molar-refractivity contribution in [3.63, 3.8) is 0 Å². The third kappa shape index (κ3) is 5.84. The molecule has 0 amide bonds. The summed E-state index contributed by atoms with van der Waals surface area (Å²) in [7, 11) is 0.0906. The monoisotopic (exact) mass is 683 g/mol. The van der Waals surface area contributed by atoms with Crippen LogP contribution in [0.3, 0.4) is 0 Å². The van der Waals surface area contributed by atoms with Crippen LogP contribution in [0.5, 0.6) is 0 Å². The van der Waals surface area contributed by atoms with Crippen molar-refractivity contribution in [1.82, 2.24) is 14.7 Å². The number of fused-ring (bicyclic) bond motifs is 9. The molecule has 0 radical (unpaired) electrons. The number of rotatable bonds is 15. The average molecular weight is 684 g/mol. The lowest BCUT2D eigenvalue weighted by molar-refractivity contribution is -0.168. The zero-order valence-electron chi connectivity index (χ0n) is 28.9. The van der Waals surface area contributed by atoms with E-state index in [4.69, 9.17) is 27.8 Å². The van der Waals surface area contributed by atoms with Gasteiger partial charge in [-0.2, -0.15) is 0 Å². The molecule has 14 heteroatoms. The van der Waals surface area contributed by atoms with Crippen LogP contribution in [0.25, 0.3) is 0 Å². The van der Waals surface area contributed by atoms with Gasteiger partial charge in [0.05, 0.1) is 39.6 Å². The van der Waals surface area contributed by atoms with E-state index in [0.717, 1.165) is 38.5 Å². The van der Waals surface area contributed by atoms with Crippen LogP contribution in [0.15, 0.2) is 0 Å². The highest BCUT2D eigenvalue weighted by Gasteiger charge is 2.61. The van der Waals surface area contributed by atoms with Gasteiger partial charge in [-0.15, -0.1) is 0 Å². The van der Waals surface area contributed by atoms with Gasteiger partial charge in [0.2, 0.25) is 0 Å². The van der Waals surface area contributed by atoms with Gasteiger partial charge in [-0.3, -0.25) is 42.7 Å². The standard InChI is InChI=1S/C33H54N3O10P/c1-22-13-25-7-10-34(22)31(16-41-4,28(25)37)19-44-47(40,45-20-32(17-42-5)29(38)26-8-11-35(32)23(2)14-26)46-21-33(18-43-6)30(39)27-9-12-36(33)24(3)15-27/h22-27H,7-21H2,1-6H3. The van der Waals surface area contributed by atoms with E-state index in [1.807, 2.05) is 0 Å². The molecule has 12 atom stereocenters. The molecule has 0 aromatic carbocycles. The van der Waals surface area contributed by atoms with Crippen molar-refractivity contribution < 1.29 is 46.7 Å². The van der Waals surface area contributed by atoms with Crippen molar-refractivity contribution in [1.29, 1.82) is 0 Å². The summed E-state index contributed by atoms with van der Waals surface area (Å²) in [6.45, 7) is 7.66. The van der Waals surface area contributed by atoms with Gasteiger partial charge in [-0.1, -0.05) is 0 Å². The molecule has 47 heavy (non-hydrogen) atoms. The Morgan fingerprint density at radius 3 is 1.06 bits per heavy atom. The summed E-state index contributed by atoms with van der Waals surface area (Å²) in [5, 5.41) is 0. The predicted octanol–water partition coefficient (Wildman–Crippen LogP) is 2.35. The third-order valence-corrected chi connectivity index (χ3v) is 13.6. The SMILES string of the molecule is COCC1(COP(=O)(OCC2(COC)C(=O)C3CCN2C(C)C3)OCC2(COC)C(=O)C3CCN2C(C)C3)C(=O)C2CCN1C(C)C2. The molecule has 9 rings (SSSR count). The van der Waals surface area contributed by atoms with Gasteiger partial charge in [0.1, 0.15) is 16.6 Å². The van der Waals surface area contributed by atoms with Crippen LogP contribution in [0, 0.1) is 17.8 Å². The lowest BCUT2D eigenvalue weighted by Crippen LogP contribution is -2.72. The first-order chi connectivity index (χ1) is 22.4. The fraction of sp³-hybridized carbons (Fsp3) is 0.909. The molecule has 9 aliphatic rings. The van der Waals surface area contributed by atoms with E-state index < -0.39 is 24.4 Å². The molecule has 0 spiro atoms. The Morgan fingerprint density at radius 2 is 0.830 bits per heavy atom. The van der Waals surface area contributed by atoms with Crippen LogP contribution in [0.1, 0.15) is 59.3 Å². The molecule has 0 aromatic heterocycles. The van der Waals surface area contributed by atoms with Crippen LogP contribution in [-0.4, -0.2) is 147 Å². The van der Waals surface area contributed by atoms with Gasteiger partial charge in [-0.25, -0.2) is 4.57 Å². The third-order valence-electron chi connectivity index (χ3n) is 12.3. The zero-order valence-corrected chi connectivity index (χ0v) is 29.8. The molecule has 266 valence electrons. The first-order valence-corrected chi connectivity index (χ1v) is 18.8. The maximum absolute atomic E-state index is 15.0. The molecule has 0 aromatic rings. The van der Waals surface area contributed by atoms with Gasteiger partial charge in [0.15, 0.2) is 17.3 Å². The first kappa shape index (κ1) is 35.7. The van der Waals surface area contributed by atoms with Crippen LogP contribution in [0.4, 0.5) is 0 Å². The second kappa shape index (κ2) is 13.5. The minimum Gasteiger partial charge on any atom is -0.382 e. The Bertz CT molecular complexity index is 1120. The van der Waals surface area contributed by atoms with Crippen LogP contribution in [0.2, 0.25) is 0 Å². The number of phosphoric acid groups is 1. The summed E-state index contributed by atoms with van der Waals surface area (Å²) in [5.74, 6) is -0.415. The molecule has 0 saturated carbocycles. The average Bonchev–Trinajstić information content (AvgIpc) is 3.05. The molecule has 0 aliphatic carbocycles. The number of nitrogens with zero attached hydrogens (tertiary/aromatic N) is 3. The molecular weight excluding hydrogens is 629 g/mol. The van der Waals surface area contributed by atoms with Gasteiger partial charge in [0, 0.05) is 76.8 Å². The molecule has 6 bridgehead atoms. The summed E-state index contributed by atoms with van der Waals surface area (Å²) in [6.07, 6.45) is 4.53. The minimum absolute atomic E-state index is 0.00126. The summed E-state index contributed by atoms with van der Waals surface area (Å²) in [4.78, 5) is 47.9. The van der Waals surface area contributed by atoms with Crippen molar-refractivity contribution in [2.75, 3.05) is 80.6 Å². The number of carbonyl (C=O) groups excluding carboxylic acids is 3. The van der Waals surface area contributed by atoms with Gasteiger partial charge >= 0.3 is 7.82 Å². The first-order valence-electron chi connectivity index (χ1n) is 17.3. The van der Waals surface area contributed by atoms with Gasteiger partial charge in [0.25, 0.3) is 0 Å². The van der Waals surface area contributed by atoms with E-state index in [1.165, 1.54) is 21.3 Å². The van der Waals surface area contributed by atoms with E-state index in [2.05, 4.69) is 35.5 Å². The number of carbonyl (C=O) groups is 3. The predicted molar refractivity (Wildman–Crippen MR) is 171 cm³/mol. The largest absolute Gasteiger partial charge is 0.475 e. The van der Waals surface area contributed by atoms with Crippen molar-refractivity contribution in [3.8, 4) is 0 Å². The molecule has 9 aliphatic heterocycles. The highest BCUT2D eigenvalue weighted by atomic mass is 31.2. The Morgan fingerprint density at radius 1 is 0.553 bits per heavy atom. The van der Waals surface area contributed by atoms with Gasteiger partial charge < -0.3 is 14.2 Å². The Labute approximate surface area is 278 Å². The van der Waals surface area contributed by atoms with E-state index in [-0.39, 0.29) is 92.9 Å². The number of phosphoric ester groups is 1. The summed E-state index contributed by atoms with van der Waals surface area (Å²) in [6, 6.07) is 0.322. The molecule has 13 nitrogen and oxygen atoms in total. The second-order valence-corrected chi connectivity index (χ2v) is 16.7. The number of hydrogen-bond donors (Lipinski definition) is 0. The fourth-order valence-corrected chi connectivity index (χ4v) is 11.5. The number of ketones is 3. The number of methoxy groups -OCH3 is 3. The van der Waals surface area contributed by atoms with E-state index in [9.17, 15) is 18.9 Å². The van der Waals surface area contributed by atoms with Crippen LogP contribution >= 0.6 is 7.82 Å². The zero-order chi connectivity index (χ0) is 33.8. The summed E-state index contributed by atoms with van der Waals surface area (Å²) < 4.78 is 50.5. The van der Waals surface area contributed by atoms with Crippen LogP contribution in [-0.2, 0) is 46.7 Å². The Kier molecular flexibility index (Phi) is 10.3. The molecule has 9 saturated heterocycles. The summed E-state index contributed by atoms with van der Waals surface area (Å²) in [5.41, 5.74) is -3.50. The number of Topliss-reactive ketones (excluding diaryl/α,β-unsaturated/α-hetero) is 3. The normalized spacial score (nSPS) is 45.5. The Hall–Kier alpha value is -1.12. The van der Waals surface area contributed by atoms with Gasteiger partial charge in [-0.05, 0) is 59.3 Å². The van der Waals surface area contributed by atoms with E-state index >= 15 is 0 Å². The van der Waals surface area contributed by atoms with Crippen molar-refractivity contribution in [2.45, 2.75) is 94.0 Å². The maximum Gasteiger partial charge on any atom is 0.475 e. The maximum atomic E-state index is 15.0. The quantitative estimate of drug-likeness (QED) is 0.234. The minimum atomic E-state index is -4.53. The van der Waals surface area contributed by atoms with E-state index in [1.54, 1.807) is 0 Å². The highest BCUT2D eigenvalue weighted by Crippen LogP contribution is 2.55. The fourth-order valence-electron chi connectivity index (χ4n) is 10.1. The molecule has 12 unspecified atom stereocenters. The molecule has 9 fully saturated rings. The van der Waals surface area contributed by atoms with Crippen molar-refractivity contribution >= 4 is 25.2 Å². The highest BCUT2D eigenvalue weighted by molar-refractivity contribution is 7.48. The second-order valence-electron chi connectivity index (χ2n) is 15.0. The van der Waals surface area contributed by atoms with Crippen molar-refractivity contribution in [2.24, 2.45) is 17.8 Å². The van der Waals surface area contributed by atoms with Crippen LogP contribution < -0.4 is 0 Å². The molecular formula is C33H54N3O10P. The number of hydrogen-bond acceptors (Lipinski definition) is 13. The number of piperidine rings is 9. The number of ether oxygens (including phenoxy) is 3. The summed E-state index contributed by atoms with van der Waals surface area (Å²) >= 11 is 0. The molecule has 9 heterocycles. The Balaban J connectivity index is 1.31. The lowest BCUT2D eigenvalue weighted by Gasteiger charge is -2.56.